The van der Waals surface area contributed by atoms with Crippen molar-refractivity contribution in [2.45, 2.75) is 18.9 Å². The Labute approximate surface area is 152 Å². The van der Waals surface area contributed by atoms with Gasteiger partial charge in [-0.15, -0.1) is 0 Å². The first kappa shape index (κ1) is 17.6. The molecule has 0 aliphatic rings. The number of aromatic nitrogens is 2. The van der Waals surface area contributed by atoms with Gasteiger partial charge in [0, 0.05) is 18.8 Å². The van der Waals surface area contributed by atoms with Crippen molar-refractivity contribution in [3.8, 4) is 11.3 Å². The Balaban J connectivity index is 1.72. The van der Waals surface area contributed by atoms with Crippen LogP contribution in [0.4, 0.5) is 0 Å². The fraction of sp³-hybridized carbons (Fsp3) is 0.190. The Morgan fingerprint density at radius 1 is 1.12 bits per heavy atom. The van der Waals surface area contributed by atoms with Crippen LogP contribution in [0.2, 0.25) is 0 Å². The highest BCUT2D eigenvalue weighted by molar-refractivity contribution is 6.00. The molecule has 0 unspecified atom stereocenters. The minimum atomic E-state index is -0.536. The predicted octanol–water partition coefficient (Wildman–Crippen LogP) is 3.02. The summed E-state index contributed by atoms with van der Waals surface area (Å²) in [6.45, 7) is 0. The van der Waals surface area contributed by atoms with E-state index in [0.29, 0.717) is 17.7 Å². The van der Waals surface area contributed by atoms with Gasteiger partial charge in [-0.3, -0.25) is 9.48 Å². The van der Waals surface area contributed by atoms with Gasteiger partial charge in [-0.1, -0.05) is 60.7 Å². The summed E-state index contributed by atoms with van der Waals surface area (Å²) >= 11 is 0. The van der Waals surface area contributed by atoms with Crippen molar-refractivity contribution in [3.05, 3.63) is 78.0 Å². The third-order valence-corrected chi connectivity index (χ3v) is 4.19. The van der Waals surface area contributed by atoms with E-state index in [2.05, 4.69) is 10.4 Å². The average Bonchev–Trinajstić information content (AvgIpc) is 3.08. The molecule has 0 spiro atoms. The van der Waals surface area contributed by atoms with Crippen LogP contribution in [0.1, 0.15) is 22.3 Å². The maximum absolute atomic E-state index is 12.7. The maximum Gasteiger partial charge on any atom is 0.255 e. The quantitative estimate of drug-likeness (QED) is 0.668. The summed E-state index contributed by atoms with van der Waals surface area (Å²) < 4.78 is 1.61. The second-order valence-corrected chi connectivity index (χ2v) is 6.17. The summed E-state index contributed by atoms with van der Waals surface area (Å²) in [5.74, 6) is -0.290. The molecule has 0 fully saturated rings. The second kappa shape index (κ2) is 8.25. The van der Waals surface area contributed by atoms with Crippen LogP contribution in [0.3, 0.4) is 0 Å². The number of hydrogen-bond acceptors (Lipinski definition) is 3. The topological polar surface area (TPSA) is 64.0 Å². The van der Waals surface area contributed by atoms with Crippen molar-refractivity contribution in [1.29, 1.82) is 0 Å². The van der Waals surface area contributed by atoms with Gasteiger partial charge in [0.05, 0.1) is 11.6 Å². The van der Waals surface area contributed by atoms with Crippen LogP contribution >= 0.6 is 0 Å². The third kappa shape index (κ3) is 4.25. The van der Waals surface area contributed by atoms with Crippen molar-refractivity contribution in [1.82, 2.24) is 15.1 Å². The van der Waals surface area contributed by atoms with E-state index in [4.69, 9.17) is 0 Å². The zero-order valence-corrected chi connectivity index (χ0v) is 14.6. The second-order valence-electron chi connectivity index (χ2n) is 6.17. The van der Waals surface area contributed by atoms with Gasteiger partial charge in [0.1, 0.15) is 12.0 Å². The monoisotopic (exact) mass is 347 g/mol. The largest absolute Gasteiger partial charge is 0.342 e. The number of nitrogens with one attached hydrogen (secondary N) is 1. The molecule has 2 aromatic carbocycles. The van der Waals surface area contributed by atoms with Gasteiger partial charge in [-0.05, 0) is 18.4 Å². The number of amides is 1. The highest BCUT2D eigenvalue weighted by Crippen LogP contribution is 2.21. The van der Waals surface area contributed by atoms with Crippen LogP contribution in [-0.2, 0) is 18.3 Å². The van der Waals surface area contributed by atoms with E-state index in [9.17, 15) is 9.59 Å². The van der Waals surface area contributed by atoms with Crippen LogP contribution in [0, 0.1) is 0 Å². The smallest absolute Gasteiger partial charge is 0.255 e. The van der Waals surface area contributed by atoms with E-state index in [1.807, 2.05) is 60.7 Å². The Kier molecular flexibility index (Phi) is 5.59. The minimum absolute atomic E-state index is 0.290. The first-order valence-electron chi connectivity index (χ1n) is 8.56. The summed E-state index contributed by atoms with van der Waals surface area (Å²) in [5.41, 5.74) is 3.08. The molecular formula is C21H21N3O2. The van der Waals surface area contributed by atoms with Gasteiger partial charge >= 0.3 is 0 Å². The normalized spacial score (nSPS) is 11.7. The first-order chi connectivity index (χ1) is 12.7. The lowest BCUT2D eigenvalue weighted by Gasteiger charge is -2.13. The number of rotatable bonds is 7. The lowest BCUT2D eigenvalue weighted by Crippen LogP contribution is -2.36. The van der Waals surface area contributed by atoms with Crippen molar-refractivity contribution < 1.29 is 9.59 Å². The summed E-state index contributed by atoms with van der Waals surface area (Å²) in [4.78, 5) is 24.1. The summed E-state index contributed by atoms with van der Waals surface area (Å²) in [6, 6.07) is 18.9. The molecule has 1 N–H and O–H groups in total. The van der Waals surface area contributed by atoms with Crippen LogP contribution in [-0.4, -0.2) is 28.0 Å². The maximum atomic E-state index is 12.7. The molecule has 3 rings (SSSR count). The standard InChI is InChI=1S/C21H21N3O2/c1-24-14-19(20(23-24)17-10-6-3-7-11-17)21(26)22-18(15-25)13-12-16-8-4-2-5-9-16/h2-11,14-15,18H,12-13H2,1H3,(H,22,26)/t18-/m0/s1. The summed E-state index contributed by atoms with van der Waals surface area (Å²) in [5, 5.41) is 7.21. The molecule has 0 saturated carbocycles. The predicted molar refractivity (Wildman–Crippen MR) is 101 cm³/mol. The molecule has 1 aromatic heterocycles. The molecule has 26 heavy (non-hydrogen) atoms. The molecule has 0 radical (unpaired) electrons. The Morgan fingerprint density at radius 3 is 2.42 bits per heavy atom. The minimum Gasteiger partial charge on any atom is -0.342 e. The van der Waals surface area contributed by atoms with E-state index in [1.54, 1.807) is 17.9 Å². The van der Waals surface area contributed by atoms with Crippen LogP contribution in [0.15, 0.2) is 66.9 Å². The Bertz CT molecular complexity index is 873. The van der Waals surface area contributed by atoms with Crippen molar-refractivity contribution >= 4 is 12.2 Å². The number of aryl methyl sites for hydroxylation is 2. The van der Waals surface area contributed by atoms with E-state index < -0.39 is 6.04 Å². The molecular weight excluding hydrogens is 326 g/mol. The highest BCUT2D eigenvalue weighted by atomic mass is 16.2. The number of benzene rings is 2. The van der Waals surface area contributed by atoms with Gasteiger partial charge < -0.3 is 10.1 Å². The number of hydrogen-bond donors (Lipinski definition) is 1. The number of aldehydes is 1. The van der Waals surface area contributed by atoms with Crippen molar-refractivity contribution in [3.63, 3.8) is 0 Å². The van der Waals surface area contributed by atoms with Crippen molar-refractivity contribution in [2.24, 2.45) is 7.05 Å². The van der Waals surface area contributed by atoms with Gasteiger partial charge in [-0.25, -0.2) is 0 Å². The Hall–Kier alpha value is -3.21. The lowest BCUT2D eigenvalue weighted by atomic mass is 10.0. The average molecular weight is 347 g/mol. The van der Waals surface area contributed by atoms with Crippen molar-refractivity contribution in [2.75, 3.05) is 0 Å². The molecule has 132 valence electrons. The summed E-state index contributed by atoms with van der Waals surface area (Å²) in [7, 11) is 1.77. The zero-order valence-electron chi connectivity index (χ0n) is 14.6. The molecule has 0 saturated heterocycles. The zero-order chi connectivity index (χ0) is 18.4. The van der Waals surface area contributed by atoms with E-state index in [0.717, 1.165) is 23.8 Å². The molecule has 5 nitrogen and oxygen atoms in total. The molecule has 0 bridgehead atoms. The molecule has 3 aromatic rings. The fourth-order valence-electron chi connectivity index (χ4n) is 2.85. The lowest BCUT2D eigenvalue weighted by molar-refractivity contribution is -0.109. The molecule has 0 aliphatic heterocycles. The van der Waals surface area contributed by atoms with E-state index >= 15 is 0 Å². The fourth-order valence-corrected chi connectivity index (χ4v) is 2.85. The molecule has 5 heteroatoms. The SMILES string of the molecule is Cn1cc(C(=O)N[C@H](C=O)CCc2ccccc2)c(-c2ccccc2)n1. The molecule has 1 heterocycles. The molecule has 1 atom stereocenters. The van der Waals surface area contributed by atoms with Gasteiger partial charge in [0.25, 0.3) is 5.91 Å². The molecule has 0 aliphatic carbocycles. The van der Waals surface area contributed by atoms with Crippen LogP contribution in [0.25, 0.3) is 11.3 Å². The van der Waals surface area contributed by atoms with Crippen LogP contribution < -0.4 is 5.32 Å². The third-order valence-electron chi connectivity index (χ3n) is 4.19. The highest BCUT2D eigenvalue weighted by Gasteiger charge is 2.19. The van der Waals surface area contributed by atoms with Gasteiger partial charge in [0.2, 0.25) is 0 Å². The number of carbonyl (C=O) groups is 2. The van der Waals surface area contributed by atoms with E-state index in [1.165, 1.54) is 0 Å². The van der Waals surface area contributed by atoms with Gasteiger partial charge in [0.15, 0.2) is 0 Å². The summed E-state index contributed by atoms with van der Waals surface area (Å²) in [6.07, 6.45) is 3.75. The number of nitrogens with zero attached hydrogens (tertiary/aromatic N) is 2. The van der Waals surface area contributed by atoms with Crippen LogP contribution in [0.5, 0.6) is 0 Å². The molecule has 1 amide bonds. The number of carbonyl (C=O) groups excluding carboxylic acids is 2. The van der Waals surface area contributed by atoms with E-state index in [-0.39, 0.29) is 5.91 Å². The first-order valence-corrected chi connectivity index (χ1v) is 8.56. The van der Waals surface area contributed by atoms with Gasteiger partial charge in [-0.2, -0.15) is 5.10 Å². The Morgan fingerprint density at radius 2 is 1.77 bits per heavy atom.